The number of nitrogens with zero attached hydrogens (tertiary/aromatic N) is 1. The lowest BCUT2D eigenvalue weighted by atomic mass is 10.1. The van der Waals surface area contributed by atoms with Gasteiger partial charge in [0.25, 0.3) is 0 Å². The number of amides is 1. The fraction of sp³-hybridized carbons (Fsp3) is 0.333. The second kappa shape index (κ2) is 6.11. The lowest BCUT2D eigenvalue weighted by Gasteiger charge is -2.09. The van der Waals surface area contributed by atoms with Gasteiger partial charge in [-0.3, -0.25) is 4.79 Å². The van der Waals surface area contributed by atoms with E-state index in [2.05, 4.69) is 15.6 Å². The molecule has 2 aromatic carbocycles. The molecule has 1 aromatic heterocycles. The number of fused-ring (bicyclic) bond motifs is 3. The quantitative estimate of drug-likeness (QED) is 0.758. The molecular formula is C18H18FN3OS. The van der Waals surface area contributed by atoms with E-state index in [0.29, 0.717) is 11.2 Å². The molecule has 0 spiro atoms. The molecular weight excluding hydrogens is 325 g/mol. The first-order valence-electron chi connectivity index (χ1n) is 8.11. The van der Waals surface area contributed by atoms with E-state index < -0.39 is 0 Å². The molecule has 0 aliphatic heterocycles. The molecule has 124 valence electrons. The Bertz CT molecular complexity index is 923. The SMILES string of the molecule is CNC1CCC(C(=O)Nc2nc3ccc4cc(F)ccc4c3s2)C1. The summed E-state index contributed by atoms with van der Waals surface area (Å²) in [6.07, 6.45) is 2.81. The Kier molecular flexibility index (Phi) is 3.94. The molecule has 6 heteroatoms. The normalized spacial score (nSPS) is 20.8. The maximum atomic E-state index is 13.4. The third-order valence-corrected chi connectivity index (χ3v) is 5.79. The van der Waals surface area contributed by atoms with Crippen LogP contribution in [0.4, 0.5) is 9.52 Å². The first kappa shape index (κ1) is 15.5. The summed E-state index contributed by atoms with van der Waals surface area (Å²) in [4.78, 5) is 17.0. The van der Waals surface area contributed by atoms with Crippen molar-refractivity contribution < 1.29 is 9.18 Å². The molecule has 4 rings (SSSR count). The van der Waals surface area contributed by atoms with Gasteiger partial charge < -0.3 is 10.6 Å². The Morgan fingerprint density at radius 1 is 1.29 bits per heavy atom. The summed E-state index contributed by atoms with van der Waals surface area (Å²) in [6.45, 7) is 0. The second-order valence-electron chi connectivity index (χ2n) is 6.28. The number of halogens is 1. The van der Waals surface area contributed by atoms with Crippen LogP contribution < -0.4 is 10.6 Å². The van der Waals surface area contributed by atoms with Gasteiger partial charge in [0.2, 0.25) is 5.91 Å². The van der Waals surface area contributed by atoms with E-state index in [-0.39, 0.29) is 17.6 Å². The summed E-state index contributed by atoms with van der Waals surface area (Å²) < 4.78 is 14.3. The third kappa shape index (κ3) is 2.76. The minimum Gasteiger partial charge on any atom is -0.317 e. The summed E-state index contributed by atoms with van der Waals surface area (Å²) >= 11 is 1.45. The van der Waals surface area contributed by atoms with E-state index in [9.17, 15) is 9.18 Å². The topological polar surface area (TPSA) is 54.0 Å². The smallest absolute Gasteiger partial charge is 0.229 e. The first-order valence-corrected chi connectivity index (χ1v) is 8.92. The van der Waals surface area contributed by atoms with E-state index in [1.807, 2.05) is 19.2 Å². The number of anilines is 1. The van der Waals surface area contributed by atoms with Crippen molar-refractivity contribution in [2.24, 2.45) is 5.92 Å². The van der Waals surface area contributed by atoms with Crippen LogP contribution in [0.3, 0.4) is 0 Å². The molecule has 1 fully saturated rings. The molecule has 1 amide bonds. The van der Waals surface area contributed by atoms with Crippen LogP contribution in [0.1, 0.15) is 19.3 Å². The molecule has 0 bridgehead atoms. The predicted molar refractivity (Wildman–Crippen MR) is 95.9 cm³/mol. The zero-order valence-electron chi connectivity index (χ0n) is 13.3. The van der Waals surface area contributed by atoms with Gasteiger partial charge in [-0.15, -0.1) is 0 Å². The van der Waals surface area contributed by atoms with Crippen molar-refractivity contribution in [3.05, 3.63) is 36.1 Å². The Balaban J connectivity index is 1.61. The summed E-state index contributed by atoms with van der Waals surface area (Å²) in [5.74, 6) is -0.164. The van der Waals surface area contributed by atoms with Gasteiger partial charge in [-0.05, 0) is 56.0 Å². The van der Waals surface area contributed by atoms with Crippen molar-refractivity contribution in [1.29, 1.82) is 0 Å². The third-order valence-electron chi connectivity index (χ3n) is 4.77. The fourth-order valence-electron chi connectivity index (χ4n) is 3.43. The highest BCUT2D eigenvalue weighted by molar-refractivity contribution is 7.23. The Morgan fingerprint density at radius 2 is 2.17 bits per heavy atom. The zero-order chi connectivity index (χ0) is 16.7. The number of carbonyl (C=O) groups excluding carboxylic acids is 1. The average Bonchev–Trinajstić information content (AvgIpc) is 3.20. The van der Waals surface area contributed by atoms with Crippen LogP contribution in [0.15, 0.2) is 30.3 Å². The zero-order valence-corrected chi connectivity index (χ0v) is 14.1. The van der Waals surface area contributed by atoms with E-state index in [0.717, 1.165) is 40.3 Å². The number of aromatic nitrogens is 1. The molecule has 0 radical (unpaired) electrons. The van der Waals surface area contributed by atoms with Gasteiger partial charge >= 0.3 is 0 Å². The van der Waals surface area contributed by atoms with E-state index in [1.165, 1.54) is 23.5 Å². The summed E-state index contributed by atoms with van der Waals surface area (Å²) in [5.41, 5.74) is 0.828. The molecule has 4 nitrogen and oxygen atoms in total. The van der Waals surface area contributed by atoms with Gasteiger partial charge in [0.15, 0.2) is 5.13 Å². The number of hydrogen-bond acceptors (Lipinski definition) is 4. The lowest BCUT2D eigenvalue weighted by molar-refractivity contribution is -0.119. The van der Waals surface area contributed by atoms with Gasteiger partial charge in [-0.25, -0.2) is 9.37 Å². The highest BCUT2D eigenvalue weighted by Gasteiger charge is 2.29. The van der Waals surface area contributed by atoms with Gasteiger partial charge in [0, 0.05) is 17.3 Å². The maximum absolute atomic E-state index is 13.4. The largest absolute Gasteiger partial charge is 0.317 e. The van der Waals surface area contributed by atoms with Crippen LogP contribution >= 0.6 is 11.3 Å². The molecule has 2 atom stereocenters. The van der Waals surface area contributed by atoms with Crippen molar-refractivity contribution in [2.45, 2.75) is 25.3 Å². The molecule has 2 unspecified atom stereocenters. The van der Waals surface area contributed by atoms with E-state index in [4.69, 9.17) is 0 Å². The number of benzene rings is 2. The predicted octanol–water partition coefficient (Wildman–Crippen LogP) is 3.92. The molecule has 0 saturated heterocycles. The monoisotopic (exact) mass is 343 g/mol. The number of carbonyl (C=O) groups is 1. The number of nitrogens with one attached hydrogen (secondary N) is 2. The van der Waals surface area contributed by atoms with Crippen LogP contribution in [0, 0.1) is 11.7 Å². The minimum absolute atomic E-state index is 0.0419. The fourth-order valence-corrected chi connectivity index (χ4v) is 4.43. The molecule has 3 aromatic rings. The van der Waals surface area contributed by atoms with Gasteiger partial charge in [0.05, 0.1) is 10.2 Å². The maximum Gasteiger partial charge on any atom is 0.229 e. The molecule has 1 heterocycles. The molecule has 1 aliphatic carbocycles. The lowest BCUT2D eigenvalue weighted by Crippen LogP contribution is -2.25. The van der Waals surface area contributed by atoms with E-state index in [1.54, 1.807) is 6.07 Å². The van der Waals surface area contributed by atoms with Crippen LogP contribution in [0.5, 0.6) is 0 Å². The minimum atomic E-state index is -0.250. The van der Waals surface area contributed by atoms with E-state index >= 15 is 0 Å². The highest BCUT2D eigenvalue weighted by Crippen LogP contribution is 2.34. The van der Waals surface area contributed by atoms with Gasteiger partial charge in [0.1, 0.15) is 5.82 Å². The molecule has 24 heavy (non-hydrogen) atoms. The number of thiazole rings is 1. The standard InChI is InChI=1S/C18H18FN3OS/c1-20-13-5-2-11(9-13)17(23)22-18-21-15-7-3-10-8-12(19)4-6-14(10)16(15)24-18/h3-4,6-8,11,13,20H,2,5,9H2,1H3,(H,21,22,23). The number of rotatable bonds is 3. The second-order valence-corrected chi connectivity index (χ2v) is 7.28. The molecule has 2 N–H and O–H groups in total. The van der Waals surface area contributed by atoms with Crippen molar-refractivity contribution in [3.8, 4) is 0 Å². The van der Waals surface area contributed by atoms with Crippen molar-refractivity contribution in [3.63, 3.8) is 0 Å². The van der Waals surface area contributed by atoms with Crippen molar-refractivity contribution >= 4 is 43.4 Å². The number of hydrogen-bond donors (Lipinski definition) is 2. The average molecular weight is 343 g/mol. The van der Waals surface area contributed by atoms with Gasteiger partial charge in [-0.1, -0.05) is 17.4 Å². The molecule has 1 saturated carbocycles. The highest BCUT2D eigenvalue weighted by atomic mass is 32.1. The Morgan fingerprint density at radius 3 is 2.96 bits per heavy atom. The Labute approximate surface area is 143 Å². The summed E-state index contributed by atoms with van der Waals surface area (Å²) in [6, 6.07) is 8.90. The van der Waals surface area contributed by atoms with Crippen LogP contribution in [-0.4, -0.2) is 24.0 Å². The van der Waals surface area contributed by atoms with Crippen molar-refractivity contribution in [2.75, 3.05) is 12.4 Å². The first-order chi connectivity index (χ1) is 11.6. The van der Waals surface area contributed by atoms with Gasteiger partial charge in [-0.2, -0.15) is 0 Å². The molecule has 1 aliphatic rings. The Hall–Kier alpha value is -2.05. The van der Waals surface area contributed by atoms with Crippen LogP contribution in [0.25, 0.3) is 21.0 Å². The van der Waals surface area contributed by atoms with Crippen LogP contribution in [0.2, 0.25) is 0 Å². The van der Waals surface area contributed by atoms with Crippen LogP contribution in [-0.2, 0) is 4.79 Å². The summed E-state index contributed by atoms with van der Waals surface area (Å²) in [7, 11) is 1.94. The van der Waals surface area contributed by atoms with Crippen molar-refractivity contribution in [1.82, 2.24) is 10.3 Å². The summed E-state index contributed by atoms with van der Waals surface area (Å²) in [5, 5.41) is 8.61.